The number of hydrogen-bond donors (Lipinski definition) is 1. The Balaban J connectivity index is 1.70. The van der Waals surface area contributed by atoms with Crippen molar-refractivity contribution in [3.8, 4) is 5.75 Å². The summed E-state index contributed by atoms with van der Waals surface area (Å²) in [7, 11) is 0. The average Bonchev–Trinajstić information content (AvgIpc) is 3.15. The van der Waals surface area contributed by atoms with Crippen LogP contribution in [0.25, 0.3) is 5.76 Å². The van der Waals surface area contributed by atoms with Crippen LogP contribution < -0.4 is 4.74 Å². The smallest absolute Gasteiger partial charge is 0.295 e. The van der Waals surface area contributed by atoms with Gasteiger partial charge in [0.25, 0.3) is 11.7 Å². The van der Waals surface area contributed by atoms with Gasteiger partial charge in [-0.05, 0) is 47.2 Å². The van der Waals surface area contributed by atoms with E-state index in [9.17, 15) is 14.7 Å². The number of amides is 1. The summed E-state index contributed by atoms with van der Waals surface area (Å²) in [6.45, 7) is 13.0. The number of benzene rings is 2. The zero-order chi connectivity index (χ0) is 26.6. The van der Waals surface area contributed by atoms with Crippen molar-refractivity contribution in [2.75, 3.05) is 46.0 Å². The van der Waals surface area contributed by atoms with E-state index in [-0.39, 0.29) is 16.7 Å². The molecule has 0 saturated carbocycles. The van der Waals surface area contributed by atoms with E-state index >= 15 is 0 Å². The second kappa shape index (κ2) is 11.5. The topological polar surface area (TPSA) is 79.3 Å². The molecule has 198 valence electrons. The maximum absolute atomic E-state index is 13.3. The molecule has 2 aliphatic rings. The van der Waals surface area contributed by atoms with Gasteiger partial charge >= 0.3 is 0 Å². The second-order valence-corrected chi connectivity index (χ2v) is 10.7. The van der Waals surface area contributed by atoms with Gasteiger partial charge in [-0.1, -0.05) is 52.0 Å². The van der Waals surface area contributed by atoms with E-state index in [0.717, 1.165) is 30.6 Å². The van der Waals surface area contributed by atoms with Gasteiger partial charge in [0, 0.05) is 31.7 Å². The average molecular weight is 507 g/mol. The lowest BCUT2D eigenvalue weighted by Crippen LogP contribution is -2.42. The number of hydrogen-bond acceptors (Lipinski definition) is 6. The predicted octanol–water partition coefficient (Wildman–Crippen LogP) is 4.53. The van der Waals surface area contributed by atoms with Crippen LogP contribution in [0.4, 0.5) is 0 Å². The third kappa shape index (κ3) is 6.05. The molecular weight excluding hydrogens is 468 g/mol. The summed E-state index contributed by atoms with van der Waals surface area (Å²) in [6, 6.07) is 14.3. The van der Waals surface area contributed by atoms with E-state index in [0.29, 0.717) is 44.2 Å². The Morgan fingerprint density at radius 1 is 1.00 bits per heavy atom. The summed E-state index contributed by atoms with van der Waals surface area (Å²) in [5, 5.41) is 11.3. The Kier molecular flexibility index (Phi) is 8.35. The number of nitrogens with zero attached hydrogens (tertiary/aromatic N) is 2. The van der Waals surface area contributed by atoms with Crippen molar-refractivity contribution >= 4 is 17.4 Å². The van der Waals surface area contributed by atoms with Gasteiger partial charge < -0.3 is 19.5 Å². The summed E-state index contributed by atoms with van der Waals surface area (Å²) in [5.74, 6) is -0.712. The SMILES string of the molecule is CCCOc1ccc(/C(O)=C2\C(=O)C(=O)N(CCN3CCOCC3)[C@H]2c2ccc(C(C)(C)C)cc2)cc1. The van der Waals surface area contributed by atoms with Crippen LogP contribution in [0.5, 0.6) is 5.75 Å². The summed E-state index contributed by atoms with van der Waals surface area (Å²) in [4.78, 5) is 30.4. The van der Waals surface area contributed by atoms with Gasteiger partial charge in [0.15, 0.2) is 0 Å². The van der Waals surface area contributed by atoms with Crippen LogP contribution in [-0.4, -0.2) is 72.6 Å². The lowest BCUT2D eigenvalue weighted by molar-refractivity contribution is -0.140. The van der Waals surface area contributed by atoms with Crippen LogP contribution in [-0.2, 0) is 19.7 Å². The highest BCUT2D eigenvalue weighted by atomic mass is 16.5. The van der Waals surface area contributed by atoms with E-state index in [4.69, 9.17) is 9.47 Å². The Bertz CT molecular complexity index is 1130. The molecule has 2 aromatic rings. The molecule has 2 aliphatic heterocycles. The molecule has 0 aliphatic carbocycles. The first kappa shape index (κ1) is 26.9. The van der Waals surface area contributed by atoms with Crippen molar-refractivity contribution in [1.29, 1.82) is 0 Å². The van der Waals surface area contributed by atoms with Crippen LogP contribution in [0.15, 0.2) is 54.1 Å². The van der Waals surface area contributed by atoms with Gasteiger partial charge in [0.1, 0.15) is 11.5 Å². The van der Waals surface area contributed by atoms with Gasteiger partial charge in [0.05, 0.1) is 31.4 Å². The zero-order valence-corrected chi connectivity index (χ0v) is 22.3. The fourth-order valence-electron chi connectivity index (χ4n) is 4.78. The summed E-state index contributed by atoms with van der Waals surface area (Å²) < 4.78 is 11.1. The number of aliphatic hydroxyl groups is 1. The standard InChI is InChI=1S/C30H38N2O5/c1-5-18-37-24-12-8-22(9-13-24)27(33)25-26(21-6-10-23(11-7-21)30(2,3)4)32(29(35)28(25)34)15-14-31-16-19-36-20-17-31/h6-13,26,33H,5,14-20H2,1-4H3/b27-25+/t26-/m0/s1. The van der Waals surface area contributed by atoms with Crippen molar-refractivity contribution in [3.05, 3.63) is 70.8 Å². The third-order valence-corrected chi connectivity index (χ3v) is 6.99. The minimum atomic E-state index is -0.661. The number of morpholine rings is 1. The van der Waals surface area contributed by atoms with E-state index in [1.54, 1.807) is 29.2 Å². The maximum Gasteiger partial charge on any atom is 0.295 e. The van der Waals surface area contributed by atoms with Gasteiger partial charge in [-0.15, -0.1) is 0 Å². The highest BCUT2D eigenvalue weighted by Crippen LogP contribution is 2.40. The fraction of sp³-hybridized carbons (Fsp3) is 0.467. The van der Waals surface area contributed by atoms with Crippen molar-refractivity contribution in [2.45, 2.75) is 45.6 Å². The molecule has 0 unspecified atom stereocenters. The van der Waals surface area contributed by atoms with Crippen molar-refractivity contribution in [3.63, 3.8) is 0 Å². The lowest BCUT2D eigenvalue weighted by atomic mass is 9.85. The molecule has 37 heavy (non-hydrogen) atoms. The molecule has 1 atom stereocenters. The van der Waals surface area contributed by atoms with Crippen LogP contribution in [0, 0.1) is 0 Å². The molecule has 2 heterocycles. The fourth-order valence-corrected chi connectivity index (χ4v) is 4.78. The number of carbonyl (C=O) groups excluding carboxylic acids is 2. The second-order valence-electron chi connectivity index (χ2n) is 10.7. The lowest BCUT2D eigenvalue weighted by Gasteiger charge is -2.31. The van der Waals surface area contributed by atoms with Crippen molar-refractivity contribution in [1.82, 2.24) is 9.80 Å². The molecule has 0 aromatic heterocycles. The van der Waals surface area contributed by atoms with Gasteiger partial charge in [-0.3, -0.25) is 14.5 Å². The Hall–Kier alpha value is -3.16. The Morgan fingerprint density at radius 2 is 1.65 bits per heavy atom. The molecule has 0 spiro atoms. The maximum atomic E-state index is 13.3. The number of rotatable bonds is 8. The number of carbonyl (C=O) groups is 2. The number of aliphatic hydroxyl groups excluding tert-OH is 1. The highest BCUT2D eigenvalue weighted by Gasteiger charge is 2.46. The van der Waals surface area contributed by atoms with Gasteiger partial charge in [-0.25, -0.2) is 0 Å². The number of likely N-dealkylation sites (tertiary alicyclic amines) is 1. The Morgan fingerprint density at radius 3 is 2.24 bits per heavy atom. The van der Waals surface area contributed by atoms with E-state index < -0.39 is 17.7 Å². The quantitative estimate of drug-likeness (QED) is 0.322. The molecule has 2 fully saturated rings. The Labute approximate surface area is 219 Å². The summed E-state index contributed by atoms with van der Waals surface area (Å²) >= 11 is 0. The first-order valence-electron chi connectivity index (χ1n) is 13.1. The first-order chi connectivity index (χ1) is 17.7. The van der Waals surface area contributed by atoms with Gasteiger partial charge in [0.2, 0.25) is 0 Å². The van der Waals surface area contributed by atoms with Crippen LogP contribution in [0.3, 0.4) is 0 Å². The van der Waals surface area contributed by atoms with Crippen LogP contribution in [0.1, 0.15) is 56.8 Å². The molecule has 2 aromatic carbocycles. The minimum Gasteiger partial charge on any atom is -0.507 e. The first-order valence-corrected chi connectivity index (χ1v) is 13.1. The largest absolute Gasteiger partial charge is 0.507 e. The molecule has 1 amide bonds. The molecule has 0 bridgehead atoms. The molecule has 0 radical (unpaired) electrons. The van der Waals surface area contributed by atoms with Crippen LogP contribution >= 0.6 is 0 Å². The predicted molar refractivity (Wildman–Crippen MR) is 144 cm³/mol. The zero-order valence-electron chi connectivity index (χ0n) is 22.3. The highest BCUT2D eigenvalue weighted by molar-refractivity contribution is 6.46. The molecule has 4 rings (SSSR count). The van der Waals surface area contributed by atoms with E-state index in [2.05, 4.69) is 25.7 Å². The van der Waals surface area contributed by atoms with Crippen LogP contribution in [0.2, 0.25) is 0 Å². The number of ether oxygens (including phenoxy) is 2. The van der Waals surface area contributed by atoms with Gasteiger partial charge in [-0.2, -0.15) is 0 Å². The molecule has 2 saturated heterocycles. The normalized spacial score (nSPS) is 20.4. The molecular formula is C30H38N2O5. The number of Topliss-reactive ketones (excluding diaryl/α,β-unsaturated/α-hetero) is 1. The van der Waals surface area contributed by atoms with Crippen molar-refractivity contribution in [2.24, 2.45) is 0 Å². The monoisotopic (exact) mass is 506 g/mol. The van der Waals surface area contributed by atoms with Crippen molar-refractivity contribution < 1.29 is 24.2 Å². The summed E-state index contributed by atoms with van der Waals surface area (Å²) in [6.07, 6.45) is 0.892. The molecule has 1 N–H and O–H groups in total. The molecule has 7 heteroatoms. The summed E-state index contributed by atoms with van der Waals surface area (Å²) in [5.41, 5.74) is 2.53. The minimum absolute atomic E-state index is 0.0295. The molecule has 7 nitrogen and oxygen atoms in total. The van der Waals surface area contributed by atoms with E-state index in [1.165, 1.54) is 0 Å². The van der Waals surface area contributed by atoms with E-state index in [1.807, 2.05) is 31.2 Å². The number of ketones is 1. The third-order valence-electron chi connectivity index (χ3n) is 6.99.